The van der Waals surface area contributed by atoms with Gasteiger partial charge in [-0.25, -0.2) is 0 Å². The van der Waals surface area contributed by atoms with E-state index in [1.54, 1.807) is 42.5 Å². The molecule has 0 heterocycles. The fraction of sp³-hybridized carbons (Fsp3) is 0.318. The van der Waals surface area contributed by atoms with Gasteiger partial charge in [-0.2, -0.15) is 5.26 Å². The fourth-order valence-electron chi connectivity index (χ4n) is 2.25. The Bertz CT molecular complexity index is 983. The molecule has 17 heteroatoms. The normalized spacial score (nSPS) is 8.97. The van der Waals surface area contributed by atoms with Crippen molar-refractivity contribution in [2.24, 2.45) is 9.98 Å². The van der Waals surface area contributed by atoms with Crippen LogP contribution in [0.3, 0.4) is 0 Å². The van der Waals surface area contributed by atoms with Crippen LogP contribution in [-0.2, 0) is 43.8 Å². The summed E-state index contributed by atoms with van der Waals surface area (Å²) in [4.78, 5) is 24.9. The maximum Gasteiger partial charge on any atom is 2.00 e. The summed E-state index contributed by atoms with van der Waals surface area (Å²) < 4.78 is 10.5. The third-order valence-electron chi connectivity index (χ3n) is 3.44. The van der Waals surface area contributed by atoms with Gasteiger partial charge >= 0.3 is 43.8 Å². The Morgan fingerprint density at radius 2 is 1.10 bits per heavy atom. The van der Waals surface area contributed by atoms with Gasteiger partial charge in [0.05, 0.1) is 42.5 Å². The quantitative estimate of drug-likeness (QED) is 0.121. The predicted molar refractivity (Wildman–Crippen MR) is 131 cm³/mol. The topological polar surface area (TPSA) is 245 Å². The van der Waals surface area contributed by atoms with Crippen LogP contribution in [0.15, 0.2) is 46.4 Å². The van der Waals surface area contributed by atoms with Crippen LogP contribution < -0.4 is 19.7 Å². The van der Waals surface area contributed by atoms with Crippen molar-refractivity contribution in [3.8, 4) is 29.1 Å². The molecule has 0 spiro atoms. The Hall–Kier alpha value is -3.71. The zero-order chi connectivity index (χ0) is 28.6. The van der Waals surface area contributed by atoms with Crippen molar-refractivity contribution < 1.29 is 73.7 Å². The first-order valence-corrected chi connectivity index (χ1v) is 10.3. The first-order chi connectivity index (χ1) is 17.5. The van der Waals surface area contributed by atoms with Crippen LogP contribution in [0.1, 0.15) is 31.9 Å². The molecule has 0 aromatic heterocycles. The minimum atomic E-state index is -1.75. The zero-order valence-electron chi connectivity index (χ0n) is 21.3. The van der Waals surface area contributed by atoms with Crippen LogP contribution in [0.5, 0.6) is 23.0 Å². The van der Waals surface area contributed by atoms with Gasteiger partial charge < -0.3 is 50.3 Å². The number of nitrogens with zero attached hydrogens (tertiary/aromatic N) is 5. The van der Waals surface area contributed by atoms with E-state index in [2.05, 4.69) is 9.98 Å². The fourth-order valence-corrected chi connectivity index (χ4v) is 2.25. The molecule has 0 radical (unpaired) electrons. The second-order valence-electron chi connectivity index (χ2n) is 5.96. The molecule has 2 aromatic carbocycles. The SMILES string of the molecule is CC#N.CCOc1cccc(C=NCCN=Cc2cccc(OCC)c2[O-])c1[O-].O=[N+]([O-])[O-].O=[N+]([O-])[O-].[Cd+2].[Ni+2]. The van der Waals surface area contributed by atoms with Crippen molar-refractivity contribution in [1.82, 2.24) is 0 Å². The Morgan fingerprint density at radius 3 is 1.36 bits per heavy atom. The van der Waals surface area contributed by atoms with E-state index >= 15 is 0 Å². The Balaban J connectivity index is -0.000000403. The van der Waals surface area contributed by atoms with Gasteiger partial charge in [0.25, 0.3) is 0 Å². The molecular weight excluding hydrogens is 665 g/mol. The third-order valence-corrected chi connectivity index (χ3v) is 3.44. The van der Waals surface area contributed by atoms with E-state index in [1.807, 2.05) is 13.8 Å². The van der Waals surface area contributed by atoms with Gasteiger partial charge in [0, 0.05) is 19.4 Å². The Kier molecular flexibility index (Phi) is 29.7. The molecule has 0 unspecified atom stereocenters. The van der Waals surface area contributed by atoms with Crippen LogP contribution in [-0.4, -0.2) is 48.9 Å². The molecule has 0 saturated heterocycles. The summed E-state index contributed by atoms with van der Waals surface area (Å²) in [5, 5.41) is 61.0. The van der Waals surface area contributed by atoms with Crippen molar-refractivity contribution in [3.05, 3.63) is 78.2 Å². The summed E-state index contributed by atoms with van der Waals surface area (Å²) in [5.74, 6) is 0.300. The first-order valence-electron chi connectivity index (χ1n) is 10.3. The van der Waals surface area contributed by atoms with E-state index in [1.165, 1.54) is 19.4 Å². The summed E-state index contributed by atoms with van der Waals surface area (Å²) in [6.07, 6.45) is 3.05. The van der Waals surface area contributed by atoms with Crippen LogP contribution >= 0.6 is 0 Å². The molecule has 0 fully saturated rings. The standard InChI is InChI=1S/C20H24N2O4.C2H3N.Cd.2NO3.Ni/c1-3-25-17-9-5-7-15(19(17)23)13-21-11-12-22-14-16-8-6-10-18(20(16)24)26-4-2;1-2-3;;2*2-1(3)4;/h5-10,13-14,23-24H,3-4,11-12H2,1-2H3;1H3;;;;/q;;+2;2*-1;+2/p-2. The smallest absolute Gasteiger partial charge is 0.870 e. The molecule has 2 aromatic rings. The number of aliphatic imine (C=N–C) groups is 2. The number of nitriles is 1. The second-order valence-corrected chi connectivity index (χ2v) is 5.96. The molecule has 210 valence electrons. The average molecular weight is 691 g/mol. The van der Waals surface area contributed by atoms with E-state index in [9.17, 15) is 10.2 Å². The summed E-state index contributed by atoms with van der Waals surface area (Å²) in [5.41, 5.74) is 0.956. The minimum Gasteiger partial charge on any atom is -0.870 e. The molecule has 0 aliphatic heterocycles. The van der Waals surface area contributed by atoms with Crippen LogP contribution in [0.25, 0.3) is 0 Å². The zero-order valence-corrected chi connectivity index (χ0v) is 26.3. The molecule has 0 amide bonds. The molecule has 0 saturated carbocycles. The van der Waals surface area contributed by atoms with E-state index in [0.29, 0.717) is 48.9 Å². The summed E-state index contributed by atoms with van der Waals surface area (Å²) in [6, 6.07) is 11.9. The van der Waals surface area contributed by atoms with E-state index in [-0.39, 0.29) is 55.3 Å². The van der Waals surface area contributed by atoms with Gasteiger partial charge in [-0.1, -0.05) is 35.8 Å². The third kappa shape index (κ3) is 23.2. The summed E-state index contributed by atoms with van der Waals surface area (Å²) in [6.45, 7) is 6.79. The molecule has 0 bridgehead atoms. The van der Waals surface area contributed by atoms with Crippen molar-refractivity contribution in [2.45, 2.75) is 20.8 Å². The number of para-hydroxylation sites is 2. The Morgan fingerprint density at radius 1 is 0.821 bits per heavy atom. The Labute approximate surface area is 254 Å². The van der Waals surface area contributed by atoms with Crippen molar-refractivity contribution in [2.75, 3.05) is 26.3 Å². The van der Waals surface area contributed by atoms with E-state index in [4.69, 9.17) is 45.4 Å². The minimum absolute atomic E-state index is 0. The predicted octanol–water partition coefficient (Wildman–Crippen LogP) is 2.22. The summed E-state index contributed by atoms with van der Waals surface area (Å²) >= 11 is 0. The van der Waals surface area contributed by atoms with Crippen molar-refractivity contribution in [1.29, 1.82) is 5.26 Å². The van der Waals surface area contributed by atoms with Crippen LogP contribution in [0.2, 0.25) is 0 Å². The molecule has 0 atom stereocenters. The van der Waals surface area contributed by atoms with E-state index in [0.717, 1.165) is 0 Å². The van der Waals surface area contributed by atoms with Crippen LogP contribution in [0, 0.1) is 42.0 Å². The molecular formula is C22H25CdN5NiO10. The molecule has 0 aliphatic carbocycles. The molecule has 2 rings (SSSR count). The summed E-state index contributed by atoms with van der Waals surface area (Å²) in [7, 11) is 0. The average Bonchev–Trinajstić information content (AvgIpc) is 2.81. The molecule has 0 aliphatic rings. The van der Waals surface area contributed by atoms with Gasteiger partial charge in [0.15, 0.2) is 0 Å². The molecule has 15 nitrogen and oxygen atoms in total. The van der Waals surface area contributed by atoms with Gasteiger partial charge in [-0.15, -0.1) is 0 Å². The van der Waals surface area contributed by atoms with Gasteiger partial charge in [0.2, 0.25) is 0 Å². The number of hydrogen-bond donors (Lipinski definition) is 0. The maximum absolute atomic E-state index is 12.1. The van der Waals surface area contributed by atoms with Crippen molar-refractivity contribution >= 4 is 12.4 Å². The number of ether oxygens (including phenoxy) is 2. The second kappa shape index (κ2) is 27.3. The largest absolute Gasteiger partial charge is 2.00 e. The maximum atomic E-state index is 12.1. The van der Waals surface area contributed by atoms with Crippen LogP contribution in [0.4, 0.5) is 0 Å². The van der Waals surface area contributed by atoms with Gasteiger partial charge in [0.1, 0.15) is 11.5 Å². The number of rotatable bonds is 9. The van der Waals surface area contributed by atoms with Gasteiger partial charge in [-0.05, 0) is 37.1 Å². The van der Waals surface area contributed by atoms with E-state index < -0.39 is 10.2 Å². The molecule has 0 N–H and O–H groups in total. The monoisotopic (exact) mass is 691 g/mol. The molecule has 39 heavy (non-hydrogen) atoms. The van der Waals surface area contributed by atoms with Crippen molar-refractivity contribution in [3.63, 3.8) is 0 Å². The number of hydrogen-bond acceptors (Lipinski definition) is 13. The number of benzene rings is 2. The first kappa shape index (κ1) is 42.4. The van der Waals surface area contributed by atoms with Gasteiger partial charge in [-0.3, -0.25) is 9.98 Å².